The minimum Gasteiger partial charge on any atom is -0.382 e. The average molecular weight is 491 g/mol. The summed E-state index contributed by atoms with van der Waals surface area (Å²) < 4.78 is 38.8. The second kappa shape index (κ2) is 9.12. The van der Waals surface area contributed by atoms with Crippen molar-refractivity contribution >= 4 is 57.9 Å². The second-order valence-corrected chi connectivity index (χ2v) is 7.86. The lowest BCUT2D eigenvalue weighted by molar-refractivity contribution is -0.137. The van der Waals surface area contributed by atoms with Gasteiger partial charge in [0.05, 0.1) is 21.8 Å². The van der Waals surface area contributed by atoms with E-state index in [9.17, 15) is 22.8 Å². The Bertz CT molecular complexity index is 1160. The van der Waals surface area contributed by atoms with Crippen molar-refractivity contribution in [1.29, 1.82) is 0 Å². The van der Waals surface area contributed by atoms with Crippen LogP contribution in [0.25, 0.3) is 0 Å². The average Bonchev–Trinajstić information content (AvgIpc) is 3.18. The fraction of sp³-hybridized carbons (Fsp3) is 0.176. The van der Waals surface area contributed by atoms with Crippen molar-refractivity contribution in [3.05, 3.63) is 56.0 Å². The van der Waals surface area contributed by atoms with E-state index in [-0.39, 0.29) is 45.9 Å². The molecule has 0 atom stereocenters. The molecule has 0 radical (unpaired) electrons. The number of aryl methyl sites for hydroxylation is 1. The van der Waals surface area contributed by atoms with Gasteiger partial charge in [0, 0.05) is 19.0 Å². The number of hydrogen-bond acceptors (Lipinski definition) is 8. The predicted octanol–water partition coefficient (Wildman–Crippen LogP) is 4.30. The van der Waals surface area contributed by atoms with Crippen molar-refractivity contribution in [1.82, 2.24) is 19.9 Å². The van der Waals surface area contributed by atoms with E-state index in [1.54, 1.807) is 0 Å². The highest BCUT2D eigenvalue weighted by Gasteiger charge is 2.34. The molecule has 0 aliphatic carbocycles. The number of pyridine rings is 1. The van der Waals surface area contributed by atoms with Crippen LogP contribution in [0.2, 0.25) is 10.0 Å². The fourth-order valence-corrected chi connectivity index (χ4v) is 3.58. The zero-order valence-corrected chi connectivity index (χ0v) is 17.5. The molecule has 14 heteroatoms. The summed E-state index contributed by atoms with van der Waals surface area (Å²) >= 11 is 12.4. The van der Waals surface area contributed by atoms with Gasteiger partial charge in [-0.1, -0.05) is 23.2 Å². The van der Waals surface area contributed by atoms with Crippen LogP contribution in [-0.4, -0.2) is 31.6 Å². The summed E-state index contributed by atoms with van der Waals surface area (Å²) in [4.78, 5) is 39.9. The van der Waals surface area contributed by atoms with Crippen LogP contribution in [0.1, 0.15) is 37.2 Å². The Morgan fingerprint density at radius 2 is 1.87 bits per heavy atom. The van der Waals surface area contributed by atoms with E-state index in [0.29, 0.717) is 11.1 Å². The number of hydrogen-bond donors (Lipinski definition) is 2. The number of nitrogens with two attached hydrogens (primary N) is 1. The monoisotopic (exact) mass is 490 g/mol. The third-order valence-corrected chi connectivity index (χ3v) is 5.56. The Balaban J connectivity index is 1.65. The first-order valence-electron chi connectivity index (χ1n) is 8.34. The molecule has 3 N–H and O–H groups in total. The van der Waals surface area contributed by atoms with Gasteiger partial charge in [0.25, 0.3) is 5.91 Å². The van der Waals surface area contributed by atoms with Gasteiger partial charge in [-0.15, -0.1) is 11.3 Å². The molecule has 0 unspecified atom stereocenters. The van der Waals surface area contributed by atoms with Gasteiger partial charge < -0.3 is 11.1 Å². The van der Waals surface area contributed by atoms with Gasteiger partial charge in [-0.3, -0.25) is 9.59 Å². The minimum absolute atomic E-state index is 0.00156. The number of Topliss-reactive ketones (excluding diaryl/α,β-unsaturated/α-hetero) is 1. The standard InChI is InChI=1S/C17H11Cl2F3N6O2S/c18-8-4-24-11(3-7(8)17(20,21)22)28-16(30)10-5-25-12(31-10)2-1-9(29)14-13(19)15(23)27-6-26-14/h3-6H,1-2H2,(H2,23,26,27)(H,24,28,30). The number of nitrogens with zero attached hydrogens (tertiary/aromatic N) is 4. The SMILES string of the molecule is Nc1ncnc(C(=O)CCc2ncc(C(=O)Nc3cc(C(F)(F)F)c(Cl)cn3)s2)c1Cl. The number of nitrogen functional groups attached to an aromatic ring is 1. The molecule has 8 nitrogen and oxygen atoms in total. The number of anilines is 2. The Kier molecular flexibility index (Phi) is 6.72. The quantitative estimate of drug-likeness (QED) is 0.493. The van der Waals surface area contributed by atoms with Crippen LogP contribution in [0, 0.1) is 0 Å². The van der Waals surface area contributed by atoms with Gasteiger partial charge in [0.15, 0.2) is 5.78 Å². The van der Waals surface area contributed by atoms with Gasteiger partial charge in [0.1, 0.15) is 33.6 Å². The number of ketones is 1. The van der Waals surface area contributed by atoms with E-state index in [1.807, 2.05) is 0 Å². The van der Waals surface area contributed by atoms with Gasteiger partial charge in [-0.25, -0.2) is 19.9 Å². The van der Waals surface area contributed by atoms with Crippen molar-refractivity contribution in [3.8, 4) is 0 Å². The van der Waals surface area contributed by atoms with Gasteiger partial charge in [-0.05, 0) is 6.07 Å². The Hall–Kier alpha value is -2.83. The molecule has 3 rings (SSSR count). The largest absolute Gasteiger partial charge is 0.418 e. The molecule has 31 heavy (non-hydrogen) atoms. The molecular weight excluding hydrogens is 480 g/mol. The summed E-state index contributed by atoms with van der Waals surface area (Å²) in [5.74, 6) is -1.42. The molecule has 0 aliphatic rings. The van der Waals surface area contributed by atoms with E-state index in [4.69, 9.17) is 28.9 Å². The zero-order chi connectivity index (χ0) is 22.8. The lowest BCUT2D eigenvalue weighted by Crippen LogP contribution is -2.13. The fourth-order valence-electron chi connectivity index (χ4n) is 2.35. The first kappa shape index (κ1) is 22.8. The zero-order valence-electron chi connectivity index (χ0n) is 15.2. The molecule has 1 amide bonds. The van der Waals surface area contributed by atoms with Crippen LogP contribution in [0.4, 0.5) is 24.8 Å². The second-order valence-electron chi connectivity index (χ2n) is 5.96. The Morgan fingerprint density at radius 3 is 2.58 bits per heavy atom. The van der Waals surface area contributed by atoms with Gasteiger partial charge in [-0.2, -0.15) is 13.2 Å². The number of thiazole rings is 1. The van der Waals surface area contributed by atoms with Crippen molar-refractivity contribution < 1.29 is 22.8 Å². The number of alkyl halides is 3. The molecule has 0 aromatic carbocycles. The topological polar surface area (TPSA) is 124 Å². The van der Waals surface area contributed by atoms with Crippen LogP contribution in [-0.2, 0) is 12.6 Å². The lowest BCUT2D eigenvalue weighted by Gasteiger charge is -2.10. The van der Waals surface area contributed by atoms with Crippen LogP contribution >= 0.6 is 34.5 Å². The third kappa shape index (κ3) is 5.46. The third-order valence-electron chi connectivity index (χ3n) is 3.83. The summed E-state index contributed by atoms with van der Waals surface area (Å²) in [5, 5.41) is 2.09. The number of nitrogens with one attached hydrogen (secondary N) is 1. The molecule has 3 aromatic heterocycles. The Labute approximate surface area is 186 Å². The maximum absolute atomic E-state index is 12.9. The van der Waals surface area contributed by atoms with Crippen LogP contribution in [0.5, 0.6) is 0 Å². The van der Waals surface area contributed by atoms with E-state index in [1.165, 1.54) is 6.20 Å². The highest BCUT2D eigenvalue weighted by Crippen LogP contribution is 2.35. The number of carbonyl (C=O) groups excluding carboxylic acids is 2. The lowest BCUT2D eigenvalue weighted by atomic mass is 10.1. The maximum atomic E-state index is 12.9. The summed E-state index contributed by atoms with van der Waals surface area (Å²) in [7, 11) is 0. The first-order chi connectivity index (χ1) is 14.6. The Morgan fingerprint density at radius 1 is 1.13 bits per heavy atom. The van der Waals surface area contributed by atoms with Crippen molar-refractivity contribution in [2.45, 2.75) is 19.0 Å². The predicted molar refractivity (Wildman–Crippen MR) is 108 cm³/mol. The van der Waals surface area contributed by atoms with E-state index >= 15 is 0 Å². The van der Waals surface area contributed by atoms with E-state index in [0.717, 1.165) is 23.9 Å². The van der Waals surface area contributed by atoms with Crippen molar-refractivity contribution in [2.24, 2.45) is 0 Å². The summed E-state index contributed by atoms with van der Waals surface area (Å²) in [5.41, 5.74) is 4.41. The van der Waals surface area contributed by atoms with Crippen molar-refractivity contribution in [3.63, 3.8) is 0 Å². The van der Waals surface area contributed by atoms with Crippen LogP contribution in [0.3, 0.4) is 0 Å². The van der Waals surface area contributed by atoms with E-state index in [2.05, 4.69) is 25.3 Å². The molecule has 162 valence electrons. The molecule has 0 fully saturated rings. The molecule has 0 saturated carbocycles. The van der Waals surface area contributed by atoms with Gasteiger partial charge >= 0.3 is 6.18 Å². The molecule has 3 aromatic rings. The highest BCUT2D eigenvalue weighted by atomic mass is 35.5. The molecule has 0 saturated heterocycles. The number of carbonyl (C=O) groups is 2. The summed E-state index contributed by atoms with van der Waals surface area (Å²) in [6, 6.07) is 0.637. The summed E-state index contributed by atoms with van der Waals surface area (Å²) in [6.45, 7) is 0. The molecule has 0 spiro atoms. The maximum Gasteiger partial charge on any atom is 0.418 e. The number of rotatable bonds is 6. The smallest absolute Gasteiger partial charge is 0.382 e. The molecule has 0 bridgehead atoms. The van der Waals surface area contributed by atoms with Crippen LogP contribution < -0.4 is 11.1 Å². The summed E-state index contributed by atoms with van der Waals surface area (Å²) in [6.07, 6.45) is -1.34. The highest BCUT2D eigenvalue weighted by molar-refractivity contribution is 7.13. The molecule has 3 heterocycles. The normalized spacial score (nSPS) is 11.4. The van der Waals surface area contributed by atoms with Crippen molar-refractivity contribution in [2.75, 3.05) is 11.1 Å². The van der Waals surface area contributed by atoms with Gasteiger partial charge in [0.2, 0.25) is 0 Å². The number of halogens is 5. The first-order valence-corrected chi connectivity index (χ1v) is 9.91. The molecular formula is C17H11Cl2F3N6O2S. The number of aromatic nitrogens is 4. The number of amides is 1. The minimum atomic E-state index is -4.69. The molecule has 0 aliphatic heterocycles. The van der Waals surface area contributed by atoms with Crippen LogP contribution in [0.15, 0.2) is 24.8 Å². The van der Waals surface area contributed by atoms with E-state index < -0.39 is 22.7 Å².